The minimum Gasteiger partial charge on any atom is -0.484 e. The Morgan fingerprint density at radius 1 is 1.00 bits per heavy atom. The molecule has 2 bridgehead atoms. The number of pyridine rings is 1. The third-order valence-corrected chi connectivity index (χ3v) is 6.53. The van der Waals surface area contributed by atoms with Gasteiger partial charge in [0.25, 0.3) is 11.8 Å². The van der Waals surface area contributed by atoms with Crippen molar-refractivity contribution >= 4 is 23.4 Å². The van der Waals surface area contributed by atoms with Gasteiger partial charge in [-0.25, -0.2) is 4.39 Å². The number of nitrogens with zero attached hydrogens (tertiary/aromatic N) is 1. The number of halogens is 2. The number of rotatable bonds is 9. The molecule has 1 heterocycles. The number of carbonyl (C=O) groups is 2. The van der Waals surface area contributed by atoms with Crippen LogP contribution in [0, 0.1) is 5.82 Å². The number of amides is 2. The van der Waals surface area contributed by atoms with E-state index in [0.29, 0.717) is 30.9 Å². The molecule has 0 spiro atoms. The highest BCUT2D eigenvalue weighted by Gasteiger charge is 2.69. The van der Waals surface area contributed by atoms with Crippen LogP contribution in [-0.2, 0) is 9.59 Å². The molecule has 32 heavy (non-hydrogen) atoms. The molecule has 7 nitrogen and oxygen atoms in total. The van der Waals surface area contributed by atoms with Gasteiger partial charge in [0, 0.05) is 28.8 Å². The second-order valence-corrected chi connectivity index (χ2v) is 9.44. The predicted octanol–water partition coefficient (Wildman–Crippen LogP) is 3.12. The molecule has 0 unspecified atom stereocenters. The van der Waals surface area contributed by atoms with Crippen molar-refractivity contribution in [2.24, 2.45) is 0 Å². The zero-order chi connectivity index (χ0) is 22.3. The fraction of sp³-hybridized carbons (Fsp3) is 0.435. The molecule has 2 N–H and O–H groups in total. The first-order valence-electron chi connectivity index (χ1n) is 10.6. The molecule has 4 fully saturated rings. The fourth-order valence-corrected chi connectivity index (χ4v) is 4.80. The van der Waals surface area contributed by atoms with Crippen molar-refractivity contribution in [2.75, 3.05) is 13.2 Å². The van der Waals surface area contributed by atoms with E-state index in [1.165, 1.54) is 25.0 Å². The van der Waals surface area contributed by atoms with E-state index in [4.69, 9.17) is 21.1 Å². The van der Waals surface area contributed by atoms with Gasteiger partial charge in [0.2, 0.25) is 0 Å². The lowest BCUT2D eigenvalue weighted by atomic mass is 9.44. The largest absolute Gasteiger partial charge is 0.484 e. The normalized spacial score (nSPS) is 25.2. The van der Waals surface area contributed by atoms with E-state index in [2.05, 4.69) is 15.6 Å². The molecular formula is C23H23ClFN3O4. The number of carbonyl (C=O) groups excluding carboxylic acids is 2. The molecule has 0 aliphatic heterocycles. The highest BCUT2D eigenvalue weighted by molar-refractivity contribution is 6.30. The summed E-state index contributed by atoms with van der Waals surface area (Å²) in [7, 11) is 0. The summed E-state index contributed by atoms with van der Waals surface area (Å²) in [4.78, 5) is 28.8. The maximum absolute atomic E-state index is 13.4. The van der Waals surface area contributed by atoms with Gasteiger partial charge in [0.15, 0.2) is 13.2 Å². The molecule has 0 saturated heterocycles. The molecule has 9 heteroatoms. The monoisotopic (exact) mass is 459 g/mol. The quantitative estimate of drug-likeness (QED) is 0.601. The van der Waals surface area contributed by atoms with Gasteiger partial charge in [-0.3, -0.25) is 14.6 Å². The number of hydrogen-bond acceptors (Lipinski definition) is 5. The Morgan fingerprint density at radius 3 is 2.12 bits per heavy atom. The Balaban J connectivity index is 1.01. The molecule has 2 aromatic rings. The molecule has 4 aliphatic carbocycles. The summed E-state index contributed by atoms with van der Waals surface area (Å²) >= 11 is 5.63. The van der Waals surface area contributed by atoms with Crippen molar-refractivity contribution < 1.29 is 23.5 Å². The van der Waals surface area contributed by atoms with Gasteiger partial charge in [-0.15, -0.1) is 0 Å². The molecule has 6 rings (SSSR count). The number of nitrogens with one attached hydrogen (secondary N) is 2. The van der Waals surface area contributed by atoms with Crippen LogP contribution in [0.3, 0.4) is 0 Å². The summed E-state index contributed by atoms with van der Waals surface area (Å²) in [6.07, 6.45) is 6.05. The van der Waals surface area contributed by atoms with Crippen LogP contribution >= 0.6 is 11.6 Å². The number of hydrogen-bond donors (Lipinski definition) is 2. The van der Waals surface area contributed by atoms with E-state index < -0.39 is 5.82 Å². The lowest BCUT2D eigenvalue weighted by Gasteiger charge is -2.70. The maximum Gasteiger partial charge on any atom is 0.258 e. The fourth-order valence-electron chi connectivity index (χ4n) is 4.68. The average molecular weight is 460 g/mol. The van der Waals surface area contributed by atoms with Crippen LogP contribution in [0.1, 0.15) is 43.7 Å². The number of ether oxygens (including phenoxy) is 2. The van der Waals surface area contributed by atoms with Crippen molar-refractivity contribution in [2.45, 2.75) is 49.1 Å². The van der Waals surface area contributed by atoms with Crippen LogP contribution in [0.2, 0.25) is 5.02 Å². The van der Waals surface area contributed by atoms with Gasteiger partial charge in [0.05, 0.1) is 11.2 Å². The Labute approximate surface area is 189 Å². The Kier molecular flexibility index (Phi) is 5.20. The predicted molar refractivity (Wildman–Crippen MR) is 114 cm³/mol. The van der Waals surface area contributed by atoms with Crippen molar-refractivity contribution in [3.05, 3.63) is 53.1 Å². The minimum absolute atomic E-state index is 0.00318. The van der Waals surface area contributed by atoms with E-state index in [1.54, 1.807) is 6.20 Å². The number of aromatic nitrogens is 1. The lowest BCUT2D eigenvalue weighted by molar-refractivity contribution is -0.151. The van der Waals surface area contributed by atoms with Crippen LogP contribution in [0.4, 0.5) is 4.39 Å². The zero-order valence-electron chi connectivity index (χ0n) is 17.3. The van der Waals surface area contributed by atoms with Gasteiger partial charge in [-0.2, -0.15) is 0 Å². The van der Waals surface area contributed by atoms with Crippen LogP contribution in [0.5, 0.6) is 11.5 Å². The minimum atomic E-state index is -0.600. The molecule has 4 aliphatic rings. The summed E-state index contributed by atoms with van der Waals surface area (Å²) in [5.41, 5.74) is 0.499. The molecule has 1 aromatic heterocycles. The van der Waals surface area contributed by atoms with Crippen LogP contribution < -0.4 is 20.1 Å². The van der Waals surface area contributed by atoms with E-state index >= 15 is 0 Å². The molecule has 0 radical (unpaired) electrons. The third-order valence-electron chi connectivity index (χ3n) is 6.23. The highest BCUT2D eigenvalue weighted by Crippen LogP contribution is 2.60. The first-order valence-corrected chi connectivity index (χ1v) is 11.0. The third kappa shape index (κ3) is 4.37. The van der Waals surface area contributed by atoms with Gasteiger partial charge >= 0.3 is 0 Å². The molecule has 4 saturated carbocycles. The van der Waals surface area contributed by atoms with Crippen molar-refractivity contribution in [1.82, 2.24) is 15.6 Å². The van der Waals surface area contributed by atoms with E-state index in [-0.39, 0.29) is 46.9 Å². The van der Waals surface area contributed by atoms with E-state index in [1.807, 2.05) is 12.1 Å². The van der Waals surface area contributed by atoms with Crippen LogP contribution in [-0.4, -0.2) is 41.1 Å². The van der Waals surface area contributed by atoms with Gasteiger partial charge in [-0.05, 0) is 56.4 Å². The summed E-state index contributed by atoms with van der Waals surface area (Å²) in [6, 6.07) is 7.82. The highest BCUT2D eigenvalue weighted by atomic mass is 35.5. The number of benzene rings is 1. The Bertz CT molecular complexity index is 1040. The molecule has 2 amide bonds. The summed E-state index contributed by atoms with van der Waals surface area (Å²) in [5.74, 6) is 0.315. The first kappa shape index (κ1) is 21.0. The first-order chi connectivity index (χ1) is 15.3. The molecule has 0 atom stereocenters. The summed E-state index contributed by atoms with van der Waals surface area (Å²) < 4.78 is 24.3. The van der Waals surface area contributed by atoms with E-state index in [0.717, 1.165) is 11.8 Å². The van der Waals surface area contributed by atoms with E-state index in [9.17, 15) is 14.0 Å². The second kappa shape index (κ2) is 7.92. The van der Waals surface area contributed by atoms with Crippen molar-refractivity contribution in [1.29, 1.82) is 0 Å². The van der Waals surface area contributed by atoms with Crippen LogP contribution in [0.25, 0.3) is 0 Å². The molecule has 1 aromatic carbocycles. The lowest BCUT2D eigenvalue weighted by Crippen LogP contribution is -2.84. The topological polar surface area (TPSA) is 89.5 Å². The second-order valence-electron chi connectivity index (χ2n) is 9.03. The van der Waals surface area contributed by atoms with Crippen molar-refractivity contribution in [3.63, 3.8) is 0 Å². The Hall–Kier alpha value is -2.87. The molecular weight excluding hydrogens is 437 g/mol. The van der Waals surface area contributed by atoms with Gasteiger partial charge < -0.3 is 20.1 Å². The smallest absolute Gasteiger partial charge is 0.258 e. The zero-order valence-corrected chi connectivity index (χ0v) is 18.1. The maximum atomic E-state index is 13.4. The van der Waals surface area contributed by atoms with Gasteiger partial charge in [0.1, 0.15) is 17.3 Å². The summed E-state index contributed by atoms with van der Waals surface area (Å²) in [5, 5.41) is 5.97. The molecule has 168 valence electrons. The SMILES string of the molecule is O=C(COc1ccc(C2CC2)nc1)NC12CC(NC(=O)COc3ccc(Cl)c(F)c3)(C1)C2. The summed E-state index contributed by atoms with van der Waals surface area (Å²) in [6.45, 7) is -0.291. The Morgan fingerprint density at radius 2 is 1.59 bits per heavy atom. The van der Waals surface area contributed by atoms with Crippen molar-refractivity contribution in [3.8, 4) is 11.5 Å². The average Bonchev–Trinajstić information content (AvgIpc) is 3.56. The van der Waals surface area contributed by atoms with Crippen LogP contribution in [0.15, 0.2) is 36.5 Å². The standard InChI is InChI=1S/C23H23ClFN3O4/c24-17-5-3-15(7-18(17)25)31-9-20(29)27-22-11-23(12-22,13-22)28-21(30)10-32-16-4-6-19(26-8-16)14-1-2-14/h3-8,14H,1-2,9-13H2,(H,27,29)(H,28,30). The van der Waals surface area contributed by atoms with Gasteiger partial charge in [-0.1, -0.05) is 11.6 Å².